The molecule has 0 atom stereocenters. The lowest BCUT2D eigenvalue weighted by Crippen LogP contribution is -2.48. The molecule has 2 N–H and O–H groups in total. The third-order valence-electron chi connectivity index (χ3n) is 2.34. The van der Waals surface area contributed by atoms with Crippen molar-refractivity contribution in [3.05, 3.63) is 42.0 Å². The Balaban J connectivity index is 3.74. The van der Waals surface area contributed by atoms with Crippen molar-refractivity contribution in [3.8, 4) is 0 Å². The van der Waals surface area contributed by atoms with Crippen LogP contribution >= 0.6 is 10.7 Å². The molecular weight excluding hydrogens is 368 g/mol. The summed E-state index contributed by atoms with van der Waals surface area (Å²) in [5.74, 6) is 0. The Morgan fingerprint density at radius 3 is 1.67 bits per heavy atom. The summed E-state index contributed by atoms with van der Waals surface area (Å²) in [5.41, 5.74) is 0.203. The van der Waals surface area contributed by atoms with Crippen molar-refractivity contribution in [3.63, 3.8) is 0 Å². The normalized spacial score (nSPS) is 14.4. The van der Waals surface area contributed by atoms with Gasteiger partial charge in [0.05, 0.1) is 0 Å². The van der Waals surface area contributed by atoms with Crippen LogP contribution in [-0.4, -0.2) is 37.8 Å². The smallest absolute Gasteiger partial charge is 0.283 e. The van der Waals surface area contributed by atoms with Crippen LogP contribution in [0.2, 0.25) is 0 Å². The Kier molecular flexibility index (Phi) is 4.87. The number of hydrogen-bond donors (Lipinski definition) is 2. The molecule has 8 nitrogen and oxygen atoms in total. The van der Waals surface area contributed by atoms with E-state index in [2.05, 4.69) is 0 Å². The first kappa shape index (κ1) is 18.1. The van der Waals surface area contributed by atoms with Gasteiger partial charge in [0, 0.05) is 10.7 Å². The second kappa shape index (κ2) is 5.66. The predicted molar refractivity (Wildman–Crippen MR) is 76.1 cm³/mol. The highest BCUT2D eigenvalue weighted by atomic mass is 35.7. The highest BCUT2D eigenvalue weighted by Gasteiger charge is 2.63. The van der Waals surface area contributed by atoms with Crippen LogP contribution in [0.5, 0.6) is 0 Å². The summed E-state index contributed by atoms with van der Waals surface area (Å²) in [4.78, 5) is 0. The van der Waals surface area contributed by atoms with Crippen LogP contribution in [0.4, 0.5) is 0 Å². The Morgan fingerprint density at radius 2 is 1.33 bits per heavy atom. The highest BCUT2D eigenvalue weighted by Crippen LogP contribution is 2.35. The van der Waals surface area contributed by atoms with Gasteiger partial charge < -0.3 is 0 Å². The van der Waals surface area contributed by atoms with Crippen molar-refractivity contribution in [2.45, 2.75) is 3.41 Å². The van der Waals surface area contributed by atoms with Crippen molar-refractivity contribution >= 4 is 46.0 Å². The maximum absolute atomic E-state index is 11.4. The lowest BCUT2D eigenvalue weighted by molar-refractivity contribution is 0.454. The van der Waals surface area contributed by atoms with Gasteiger partial charge in [-0.25, -0.2) is 8.42 Å². The van der Waals surface area contributed by atoms with Crippen LogP contribution < -0.4 is 0 Å². The molecule has 0 saturated carbocycles. The van der Waals surface area contributed by atoms with Gasteiger partial charge in [0.15, 0.2) is 0 Å². The minimum atomic E-state index is -5.86. The monoisotopic (exact) mass is 376 g/mol. The molecule has 1 aromatic rings. The molecule has 0 bridgehead atoms. The van der Waals surface area contributed by atoms with Crippen LogP contribution in [0, 0.1) is 0 Å². The van der Waals surface area contributed by atoms with Crippen LogP contribution in [0.15, 0.2) is 36.4 Å². The zero-order chi connectivity index (χ0) is 16.5. The fraction of sp³-hybridized carbons (Fsp3) is 0.111. The van der Waals surface area contributed by atoms with E-state index in [0.717, 1.165) is 6.08 Å². The number of halogens is 1. The van der Waals surface area contributed by atoms with Gasteiger partial charge in [-0.3, -0.25) is 9.11 Å². The van der Waals surface area contributed by atoms with E-state index in [-0.39, 0.29) is 11.6 Å². The Morgan fingerprint density at radius 1 is 0.905 bits per heavy atom. The largest absolute Gasteiger partial charge is 0.353 e. The van der Waals surface area contributed by atoms with E-state index in [9.17, 15) is 25.3 Å². The average molecular weight is 377 g/mol. The molecule has 0 saturated heterocycles. The molecule has 12 heteroatoms. The molecule has 21 heavy (non-hydrogen) atoms. The molecule has 1 aromatic carbocycles. The second-order valence-corrected chi connectivity index (χ2v) is 10.4. The van der Waals surface area contributed by atoms with E-state index in [1.165, 1.54) is 24.3 Å². The maximum atomic E-state index is 11.4. The summed E-state index contributed by atoms with van der Waals surface area (Å²) in [6.45, 7) is 0. The van der Waals surface area contributed by atoms with Gasteiger partial charge >= 0.3 is 23.6 Å². The first-order valence-electron chi connectivity index (χ1n) is 4.95. The molecule has 0 amide bonds. The summed E-state index contributed by atoms with van der Waals surface area (Å²) in [7, 11) is -12.4. The average Bonchev–Trinajstić information content (AvgIpc) is 2.25. The lowest BCUT2D eigenvalue weighted by Gasteiger charge is -2.20. The fourth-order valence-corrected chi connectivity index (χ4v) is 6.78. The van der Waals surface area contributed by atoms with Gasteiger partial charge in [-0.15, -0.1) is 0 Å². The predicted octanol–water partition coefficient (Wildman–Crippen LogP) is 0.698. The minimum Gasteiger partial charge on any atom is -0.283 e. The summed E-state index contributed by atoms with van der Waals surface area (Å²) in [6.07, 6.45) is 0.844. The van der Waals surface area contributed by atoms with E-state index < -0.39 is 32.7 Å². The molecule has 0 fully saturated rings. The van der Waals surface area contributed by atoms with E-state index in [1.807, 2.05) is 0 Å². The van der Waals surface area contributed by atoms with Crippen LogP contribution in [0.25, 0.3) is 6.08 Å². The third kappa shape index (κ3) is 3.44. The summed E-state index contributed by atoms with van der Waals surface area (Å²) >= 11 is 0. The van der Waals surface area contributed by atoms with E-state index in [4.69, 9.17) is 19.8 Å². The van der Waals surface area contributed by atoms with Gasteiger partial charge in [-0.2, -0.15) is 16.8 Å². The first-order valence-corrected chi connectivity index (χ1v) is 10.1. The lowest BCUT2D eigenvalue weighted by atomic mass is 10.2. The van der Waals surface area contributed by atoms with Crippen molar-refractivity contribution in [1.82, 2.24) is 0 Å². The molecule has 0 aliphatic rings. The standard InChI is InChI=1S/C9H9ClO8S3/c10-19(11,12)9(20(13,14)15,21(16,17)18)7-6-8-4-2-1-3-5-8/h1-7H,(H,13,14,15)(H,16,17,18). The summed E-state index contributed by atoms with van der Waals surface area (Å²) < 4.78 is 81.8. The topological polar surface area (TPSA) is 143 Å². The van der Waals surface area contributed by atoms with Gasteiger partial charge in [0.25, 0.3) is 9.05 Å². The second-order valence-electron chi connectivity index (χ2n) is 3.74. The molecule has 0 aliphatic carbocycles. The van der Waals surface area contributed by atoms with Crippen LogP contribution in [0.1, 0.15) is 5.56 Å². The number of hydrogen-bond acceptors (Lipinski definition) is 6. The van der Waals surface area contributed by atoms with Crippen molar-refractivity contribution in [1.29, 1.82) is 0 Å². The van der Waals surface area contributed by atoms with Gasteiger partial charge in [0.1, 0.15) is 0 Å². The van der Waals surface area contributed by atoms with E-state index in [0.29, 0.717) is 0 Å². The fourth-order valence-electron chi connectivity index (χ4n) is 1.40. The van der Waals surface area contributed by atoms with Crippen molar-refractivity contribution < 1.29 is 34.4 Å². The summed E-state index contributed by atoms with van der Waals surface area (Å²) in [5, 5.41) is 0. The van der Waals surface area contributed by atoms with E-state index >= 15 is 0 Å². The molecule has 0 radical (unpaired) electrons. The Bertz CT molecular complexity index is 774. The Labute approximate surface area is 126 Å². The first-order chi connectivity index (χ1) is 9.33. The SMILES string of the molecule is O=S(=O)(O)C(C=Cc1ccccc1)(S(=O)(=O)O)S(=O)(=O)Cl. The zero-order valence-electron chi connectivity index (χ0n) is 9.99. The third-order valence-corrected chi connectivity index (χ3v) is 9.99. The van der Waals surface area contributed by atoms with Crippen LogP contribution in [-0.2, 0) is 29.3 Å². The van der Waals surface area contributed by atoms with Gasteiger partial charge in [-0.05, 0) is 11.6 Å². The number of benzene rings is 1. The summed E-state index contributed by atoms with van der Waals surface area (Å²) in [6, 6.07) is 7.36. The van der Waals surface area contributed by atoms with Gasteiger partial charge in [0.2, 0.25) is 0 Å². The molecule has 0 unspecified atom stereocenters. The number of rotatable bonds is 5. The quantitative estimate of drug-likeness (QED) is 0.564. The molecule has 1 rings (SSSR count). The van der Waals surface area contributed by atoms with Crippen molar-refractivity contribution in [2.24, 2.45) is 0 Å². The molecule has 0 aliphatic heterocycles. The molecular formula is C9H9ClO8S3. The minimum absolute atomic E-state index is 0.0787. The highest BCUT2D eigenvalue weighted by molar-refractivity contribution is 8.32. The van der Waals surface area contributed by atoms with Crippen LogP contribution in [0.3, 0.4) is 0 Å². The molecule has 0 aromatic heterocycles. The maximum Gasteiger partial charge on any atom is 0.353 e. The Hall–Kier alpha value is -0.980. The molecule has 118 valence electrons. The molecule has 0 spiro atoms. The van der Waals surface area contributed by atoms with Crippen molar-refractivity contribution in [2.75, 3.05) is 0 Å². The van der Waals surface area contributed by atoms with Gasteiger partial charge in [-0.1, -0.05) is 36.4 Å². The zero-order valence-corrected chi connectivity index (χ0v) is 13.2. The van der Waals surface area contributed by atoms with E-state index in [1.54, 1.807) is 6.07 Å². The molecule has 0 heterocycles.